The molecule has 2 aromatic rings. The maximum absolute atomic E-state index is 12.2. The normalized spacial score (nSPS) is 15.7. The fourth-order valence-corrected chi connectivity index (χ4v) is 2.68. The number of phenols is 1. The van der Waals surface area contributed by atoms with Gasteiger partial charge in [-0.3, -0.25) is 0 Å². The Bertz CT molecular complexity index is 732. The average Bonchev–Trinajstić information content (AvgIpc) is 2.42. The van der Waals surface area contributed by atoms with E-state index in [4.69, 9.17) is 9.47 Å². The summed E-state index contributed by atoms with van der Waals surface area (Å²) in [7, 11) is 0. The van der Waals surface area contributed by atoms with Crippen LogP contribution in [0.15, 0.2) is 36.4 Å². The quantitative estimate of drug-likeness (QED) is 0.861. The molecule has 1 aliphatic rings. The van der Waals surface area contributed by atoms with Crippen molar-refractivity contribution in [3.63, 3.8) is 0 Å². The molecule has 0 fully saturated rings. The molecule has 1 heterocycles. The molecule has 0 saturated heterocycles. The molecule has 0 amide bonds. The van der Waals surface area contributed by atoms with Gasteiger partial charge in [-0.2, -0.15) is 0 Å². The number of aryl methyl sites for hydroxylation is 1. The van der Waals surface area contributed by atoms with Crippen LogP contribution in [0.4, 0.5) is 0 Å². The van der Waals surface area contributed by atoms with Crippen LogP contribution in [0.1, 0.15) is 40.9 Å². The third-order valence-electron chi connectivity index (χ3n) is 3.70. The SMILES string of the molecule is Cc1cc(O)c2c(c1Cc1ccccc1)OC(C)(C)OC2=O. The summed E-state index contributed by atoms with van der Waals surface area (Å²) < 4.78 is 11.1. The monoisotopic (exact) mass is 298 g/mol. The number of ether oxygens (including phenoxy) is 2. The Morgan fingerprint density at radius 1 is 1.14 bits per heavy atom. The highest BCUT2D eigenvalue weighted by Crippen LogP contribution is 2.41. The van der Waals surface area contributed by atoms with Gasteiger partial charge < -0.3 is 14.6 Å². The molecule has 0 atom stereocenters. The Morgan fingerprint density at radius 2 is 1.82 bits per heavy atom. The van der Waals surface area contributed by atoms with E-state index < -0.39 is 11.8 Å². The van der Waals surface area contributed by atoms with Crippen molar-refractivity contribution in [1.82, 2.24) is 0 Å². The van der Waals surface area contributed by atoms with Crippen molar-refractivity contribution in [3.8, 4) is 11.5 Å². The number of hydrogen-bond donors (Lipinski definition) is 1. The minimum atomic E-state index is -1.05. The number of fused-ring (bicyclic) bond motifs is 1. The minimum Gasteiger partial charge on any atom is -0.507 e. The molecule has 1 aliphatic heterocycles. The summed E-state index contributed by atoms with van der Waals surface area (Å²) in [6.07, 6.45) is 0.624. The zero-order valence-electron chi connectivity index (χ0n) is 12.8. The third-order valence-corrected chi connectivity index (χ3v) is 3.70. The predicted octanol–water partition coefficient (Wildman–Crippen LogP) is 3.58. The number of carbonyl (C=O) groups excluding carboxylic acids is 1. The standard InChI is InChI=1S/C18H18O4/c1-11-9-14(19)15-16(21-18(2,3)22-17(15)20)13(11)10-12-7-5-4-6-8-12/h4-9,19H,10H2,1-3H3. The van der Waals surface area contributed by atoms with Gasteiger partial charge in [0.25, 0.3) is 0 Å². The number of carbonyl (C=O) groups is 1. The van der Waals surface area contributed by atoms with Crippen molar-refractivity contribution in [2.75, 3.05) is 0 Å². The number of hydrogen-bond acceptors (Lipinski definition) is 4. The summed E-state index contributed by atoms with van der Waals surface area (Å²) in [4.78, 5) is 12.2. The third kappa shape index (κ3) is 2.52. The summed E-state index contributed by atoms with van der Waals surface area (Å²) >= 11 is 0. The molecule has 3 rings (SSSR count). The zero-order valence-corrected chi connectivity index (χ0v) is 12.8. The fraction of sp³-hybridized carbons (Fsp3) is 0.278. The van der Waals surface area contributed by atoms with E-state index in [2.05, 4.69) is 0 Å². The van der Waals surface area contributed by atoms with Crippen molar-refractivity contribution >= 4 is 5.97 Å². The topological polar surface area (TPSA) is 55.8 Å². The average molecular weight is 298 g/mol. The second-order valence-corrected chi connectivity index (χ2v) is 5.95. The van der Waals surface area contributed by atoms with Gasteiger partial charge in [-0.1, -0.05) is 30.3 Å². The Balaban J connectivity index is 2.15. The number of rotatable bonds is 2. The molecular weight excluding hydrogens is 280 g/mol. The Morgan fingerprint density at radius 3 is 2.50 bits per heavy atom. The van der Waals surface area contributed by atoms with Gasteiger partial charge in [0.1, 0.15) is 17.1 Å². The van der Waals surface area contributed by atoms with Gasteiger partial charge in [-0.15, -0.1) is 0 Å². The van der Waals surface area contributed by atoms with Gasteiger partial charge >= 0.3 is 5.97 Å². The number of cyclic esters (lactones) is 1. The summed E-state index contributed by atoms with van der Waals surface area (Å²) in [5.74, 6) is -1.29. The molecule has 0 saturated carbocycles. The van der Waals surface area contributed by atoms with Crippen LogP contribution in [0, 0.1) is 6.92 Å². The smallest absolute Gasteiger partial charge is 0.349 e. The van der Waals surface area contributed by atoms with Crippen molar-refractivity contribution in [1.29, 1.82) is 0 Å². The highest BCUT2D eigenvalue weighted by molar-refractivity contribution is 5.97. The lowest BCUT2D eigenvalue weighted by Gasteiger charge is -2.33. The van der Waals surface area contributed by atoms with Crippen LogP contribution in [-0.2, 0) is 11.2 Å². The molecule has 2 aromatic carbocycles. The van der Waals surface area contributed by atoms with Crippen LogP contribution < -0.4 is 4.74 Å². The first kappa shape index (κ1) is 14.4. The number of phenolic OH excluding ortho intramolecular Hbond substituents is 1. The first-order valence-electron chi connectivity index (χ1n) is 7.19. The molecule has 0 bridgehead atoms. The highest BCUT2D eigenvalue weighted by Gasteiger charge is 2.38. The number of esters is 1. The molecule has 0 unspecified atom stereocenters. The van der Waals surface area contributed by atoms with E-state index in [1.54, 1.807) is 19.9 Å². The van der Waals surface area contributed by atoms with Gasteiger partial charge in [0, 0.05) is 25.8 Å². The van der Waals surface area contributed by atoms with E-state index in [1.807, 2.05) is 37.3 Å². The van der Waals surface area contributed by atoms with Gasteiger partial charge in [-0.05, 0) is 24.1 Å². The molecular formula is C18H18O4. The van der Waals surface area contributed by atoms with E-state index in [0.29, 0.717) is 12.2 Å². The van der Waals surface area contributed by atoms with Gasteiger partial charge in [0.15, 0.2) is 0 Å². The molecule has 22 heavy (non-hydrogen) atoms. The maximum atomic E-state index is 12.2. The fourth-order valence-electron chi connectivity index (χ4n) is 2.68. The van der Waals surface area contributed by atoms with E-state index in [9.17, 15) is 9.90 Å². The Kier molecular flexibility index (Phi) is 3.32. The summed E-state index contributed by atoms with van der Waals surface area (Å²) in [5, 5.41) is 10.1. The van der Waals surface area contributed by atoms with E-state index in [0.717, 1.165) is 16.7 Å². The largest absolute Gasteiger partial charge is 0.507 e. The molecule has 0 aromatic heterocycles. The van der Waals surface area contributed by atoms with Crippen LogP contribution in [0.3, 0.4) is 0 Å². The lowest BCUT2D eigenvalue weighted by molar-refractivity contribution is -0.128. The van der Waals surface area contributed by atoms with Crippen molar-refractivity contribution in [2.45, 2.75) is 33.0 Å². The molecule has 0 radical (unpaired) electrons. The summed E-state index contributed by atoms with van der Waals surface area (Å²) in [5.41, 5.74) is 2.99. The molecule has 4 nitrogen and oxygen atoms in total. The second-order valence-electron chi connectivity index (χ2n) is 5.95. The molecule has 114 valence electrons. The zero-order chi connectivity index (χ0) is 15.9. The Labute approximate surface area is 129 Å². The summed E-state index contributed by atoms with van der Waals surface area (Å²) in [6, 6.07) is 11.5. The second kappa shape index (κ2) is 5.05. The van der Waals surface area contributed by atoms with E-state index in [-0.39, 0.29) is 11.3 Å². The summed E-state index contributed by atoms with van der Waals surface area (Å²) in [6.45, 7) is 5.26. The first-order valence-corrected chi connectivity index (χ1v) is 7.19. The Hall–Kier alpha value is -2.49. The molecule has 1 N–H and O–H groups in total. The first-order chi connectivity index (χ1) is 10.4. The van der Waals surface area contributed by atoms with E-state index >= 15 is 0 Å². The lowest BCUT2D eigenvalue weighted by Crippen LogP contribution is -2.39. The lowest BCUT2D eigenvalue weighted by atomic mass is 9.95. The molecule has 0 spiro atoms. The van der Waals surface area contributed by atoms with Crippen LogP contribution in [0.2, 0.25) is 0 Å². The highest BCUT2D eigenvalue weighted by atomic mass is 16.7. The van der Waals surface area contributed by atoms with Crippen LogP contribution in [-0.4, -0.2) is 16.9 Å². The van der Waals surface area contributed by atoms with E-state index in [1.165, 1.54) is 0 Å². The maximum Gasteiger partial charge on any atom is 0.349 e. The predicted molar refractivity (Wildman–Crippen MR) is 82.2 cm³/mol. The molecule has 4 heteroatoms. The van der Waals surface area contributed by atoms with Crippen LogP contribution in [0.5, 0.6) is 11.5 Å². The van der Waals surface area contributed by atoms with Gasteiger partial charge in [-0.25, -0.2) is 4.79 Å². The van der Waals surface area contributed by atoms with Gasteiger partial charge in [0.2, 0.25) is 5.79 Å². The number of benzene rings is 2. The van der Waals surface area contributed by atoms with Crippen molar-refractivity contribution < 1.29 is 19.4 Å². The van der Waals surface area contributed by atoms with Gasteiger partial charge in [0.05, 0.1) is 0 Å². The van der Waals surface area contributed by atoms with Crippen molar-refractivity contribution in [3.05, 3.63) is 58.7 Å². The van der Waals surface area contributed by atoms with Crippen molar-refractivity contribution in [2.24, 2.45) is 0 Å². The van der Waals surface area contributed by atoms with Crippen LogP contribution >= 0.6 is 0 Å². The molecule has 0 aliphatic carbocycles. The number of aromatic hydroxyl groups is 1. The van der Waals surface area contributed by atoms with Crippen LogP contribution in [0.25, 0.3) is 0 Å². The minimum absolute atomic E-state index is 0.107.